The molecule has 0 aromatic rings. The van der Waals surface area contributed by atoms with Crippen molar-refractivity contribution in [2.45, 2.75) is 51.2 Å². The van der Waals surface area contributed by atoms with Crippen LogP contribution in [0.1, 0.15) is 26.7 Å². The third-order valence-electron chi connectivity index (χ3n) is 2.22. The van der Waals surface area contributed by atoms with Gasteiger partial charge in [0.2, 0.25) is 0 Å². The fourth-order valence-electron chi connectivity index (χ4n) is 1.46. The van der Waals surface area contributed by atoms with Crippen LogP contribution >= 0.6 is 0 Å². The van der Waals surface area contributed by atoms with Crippen molar-refractivity contribution in [1.82, 2.24) is 0 Å². The van der Waals surface area contributed by atoms with E-state index in [1.54, 1.807) is 0 Å². The van der Waals surface area contributed by atoms with Crippen molar-refractivity contribution < 1.29 is 14.2 Å². The summed E-state index contributed by atoms with van der Waals surface area (Å²) >= 11 is 0. The van der Waals surface area contributed by atoms with Gasteiger partial charge in [-0.1, -0.05) is 13.8 Å². The summed E-state index contributed by atoms with van der Waals surface area (Å²) in [6, 6.07) is 0. The molecule has 4 atom stereocenters. The van der Waals surface area contributed by atoms with E-state index in [1.807, 2.05) is 13.8 Å². The Labute approximate surface area is 66.4 Å². The van der Waals surface area contributed by atoms with Gasteiger partial charge in [-0.2, -0.15) is 0 Å². The van der Waals surface area contributed by atoms with Gasteiger partial charge in [-0.05, 0) is 12.8 Å². The first-order chi connectivity index (χ1) is 5.20. The standard InChI is InChI=1S/C8H15FO2/c1-3-5-7(9)8(10)6(4-2)11-5/h5-8,10H,3-4H2,1-2H3/t5-,6+,7-,8+/m1/s1. The molecule has 3 heteroatoms. The van der Waals surface area contributed by atoms with E-state index in [0.29, 0.717) is 12.8 Å². The number of ether oxygens (including phenoxy) is 1. The fraction of sp³-hybridized carbons (Fsp3) is 1.00. The molecule has 0 aromatic carbocycles. The van der Waals surface area contributed by atoms with E-state index in [1.165, 1.54) is 0 Å². The number of aliphatic hydroxyl groups excluding tert-OH is 1. The Bertz CT molecular complexity index is 111. The van der Waals surface area contributed by atoms with E-state index in [9.17, 15) is 9.50 Å². The van der Waals surface area contributed by atoms with Crippen molar-refractivity contribution >= 4 is 0 Å². The van der Waals surface area contributed by atoms with Gasteiger partial charge in [-0.3, -0.25) is 0 Å². The van der Waals surface area contributed by atoms with Gasteiger partial charge in [0.05, 0.1) is 12.2 Å². The van der Waals surface area contributed by atoms with Crippen LogP contribution < -0.4 is 0 Å². The summed E-state index contributed by atoms with van der Waals surface area (Å²) in [5, 5.41) is 9.26. The van der Waals surface area contributed by atoms with Crippen LogP contribution in [0, 0.1) is 0 Å². The first-order valence-electron chi connectivity index (χ1n) is 4.18. The summed E-state index contributed by atoms with van der Waals surface area (Å²) in [7, 11) is 0. The van der Waals surface area contributed by atoms with Crippen LogP contribution in [-0.2, 0) is 4.74 Å². The van der Waals surface area contributed by atoms with Gasteiger partial charge in [-0.15, -0.1) is 0 Å². The maximum Gasteiger partial charge on any atom is 0.154 e. The molecule has 0 saturated carbocycles. The van der Waals surface area contributed by atoms with Crippen molar-refractivity contribution in [3.63, 3.8) is 0 Å². The maximum absolute atomic E-state index is 13.0. The lowest BCUT2D eigenvalue weighted by molar-refractivity contribution is 0.00714. The van der Waals surface area contributed by atoms with Crippen LogP contribution in [0.2, 0.25) is 0 Å². The van der Waals surface area contributed by atoms with Gasteiger partial charge < -0.3 is 9.84 Å². The maximum atomic E-state index is 13.0. The summed E-state index contributed by atoms with van der Waals surface area (Å²) in [5.41, 5.74) is 0. The minimum Gasteiger partial charge on any atom is -0.387 e. The van der Waals surface area contributed by atoms with Crippen LogP contribution in [-0.4, -0.2) is 29.6 Å². The van der Waals surface area contributed by atoms with Gasteiger partial charge >= 0.3 is 0 Å². The predicted octanol–water partition coefficient (Wildman–Crippen LogP) is 1.27. The van der Waals surface area contributed by atoms with Crippen LogP contribution in [0.15, 0.2) is 0 Å². The first kappa shape index (κ1) is 8.94. The lowest BCUT2D eigenvalue weighted by Crippen LogP contribution is -2.28. The highest BCUT2D eigenvalue weighted by atomic mass is 19.1. The van der Waals surface area contributed by atoms with Crippen molar-refractivity contribution in [2.75, 3.05) is 0 Å². The summed E-state index contributed by atoms with van der Waals surface area (Å²) < 4.78 is 18.3. The largest absolute Gasteiger partial charge is 0.387 e. The second kappa shape index (κ2) is 3.50. The quantitative estimate of drug-likeness (QED) is 0.662. The van der Waals surface area contributed by atoms with Crippen molar-refractivity contribution in [1.29, 1.82) is 0 Å². The molecule has 0 radical (unpaired) electrons. The average molecular weight is 162 g/mol. The van der Waals surface area contributed by atoms with Gasteiger partial charge in [-0.25, -0.2) is 4.39 Å². The number of alkyl halides is 1. The van der Waals surface area contributed by atoms with E-state index in [2.05, 4.69) is 0 Å². The third kappa shape index (κ3) is 1.54. The molecule has 66 valence electrons. The number of halogens is 1. The summed E-state index contributed by atoms with van der Waals surface area (Å²) in [5.74, 6) is 0. The van der Waals surface area contributed by atoms with Crippen molar-refractivity contribution in [2.24, 2.45) is 0 Å². The van der Waals surface area contributed by atoms with E-state index in [0.717, 1.165) is 0 Å². The molecule has 1 rings (SSSR count). The molecule has 0 unspecified atom stereocenters. The molecule has 2 nitrogen and oxygen atoms in total. The Hall–Kier alpha value is -0.150. The third-order valence-corrected chi connectivity index (χ3v) is 2.22. The highest BCUT2D eigenvalue weighted by Crippen LogP contribution is 2.27. The topological polar surface area (TPSA) is 29.5 Å². The molecule has 0 amide bonds. The number of rotatable bonds is 2. The average Bonchev–Trinajstić information content (AvgIpc) is 2.30. The zero-order valence-corrected chi connectivity index (χ0v) is 6.96. The zero-order chi connectivity index (χ0) is 8.43. The number of hydrogen-bond acceptors (Lipinski definition) is 2. The highest BCUT2D eigenvalue weighted by molar-refractivity contribution is 4.89. The molecular formula is C8H15FO2. The van der Waals surface area contributed by atoms with E-state index in [-0.39, 0.29) is 6.10 Å². The predicted molar refractivity (Wildman–Crippen MR) is 40.1 cm³/mol. The second-order valence-corrected chi connectivity index (χ2v) is 2.96. The minimum atomic E-state index is -1.19. The number of aliphatic hydroxyl groups is 1. The van der Waals surface area contributed by atoms with Crippen molar-refractivity contribution in [3.8, 4) is 0 Å². The molecule has 1 N–H and O–H groups in total. The molecule has 11 heavy (non-hydrogen) atoms. The molecule has 0 bridgehead atoms. The van der Waals surface area contributed by atoms with Crippen LogP contribution in [0.3, 0.4) is 0 Å². The molecular weight excluding hydrogens is 147 g/mol. The smallest absolute Gasteiger partial charge is 0.154 e. The number of hydrogen-bond donors (Lipinski definition) is 1. The molecule has 0 spiro atoms. The monoisotopic (exact) mass is 162 g/mol. The van der Waals surface area contributed by atoms with E-state index < -0.39 is 18.4 Å². The van der Waals surface area contributed by atoms with Crippen LogP contribution in [0.5, 0.6) is 0 Å². The van der Waals surface area contributed by atoms with Crippen LogP contribution in [0.25, 0.3) is 0 Å². The molecule has 1 aliphatic rings. The summed E-state index contributed by atoms with van der Waals surface area (Å²) in [4.78, 5) is 0. The Morgan fingerprint density at radius 3 is 2.09 bits per heavy atom. The molecule has 1 saturated heterocycles. The zero-order valence-electron chi connectivity index (χ0n) is 6.96. The fourth-order valence-corrected chi connectivity index (χ4v) is 1.46. The van der Waals surface area contributed by atoms with Gasteiger partial charge in [0.25, 0.3) is 0 Å². The lowest BCUT2D eigenvalue weighted by Gasteiger charge is -2.09. The highest BCUT2D eigenvalue weighted by Gasteiger charge is 2.41. The Morgan fingerprint density at radius 1 is 1.27 bits per heavy atom. The SMILES string of the molecule is CC[C@@H]1O[C@H](CC)[C@@H](F)[C@H]1O. The first-order valence-corrected chi connectivity index (χ1v) is 4.18. The van der Waals surface area contributed by atoms with E-state index in [4.69, 9.17) is 4.74 Å². The summed E-state index contributed by atoms with van der Waals surface area (Å²) in [6.45, 7) is 3.75. The molecule has 1 aliphatic heterocycles. The van der Waals surface area contributed by atoms with Gasteiger partial charge in [0, 0.05) is 0 Å². The van der Waals surface area contributed by atoms with Crippen molar-refractivity contribution in [3.05, 3.63) is 0 Å². The Balaban J connectivity index is 2.53. The van der Waals surface area contributed by atoms with E-state index >= 15 is 0 Å². The van der Waals surface area contributed by atoms with Crippen LogP contribution in [0.4, 0.5) is 4.39 Å². The lowest BCUT2D eigenvalue weighted by atomic mass is 10.1. The molecule has 1 fully saturated rings. The molecule has 1 heterocycles. The molecule has 0 aromatic heterocycles. The van der Waals surface area contributed by atoms with Gasteiger partial charge in [0.1, 0.15) is 6.10 Å². The Kier molecular flexibility index (Phi) is 2.84. The summed E-state index contributed by atoms with van der Waals surface area (Å²) in [6.07, 6.45) is -1.48. The normalized spacial score (nSPS) is 44.7. The second-order valence-electron chi connectivity index (χ2n) is 2.96. The van der Waals surface area contributed by atoms with Gasteiger partial charge in [0.15, 0.2) is 6.17 Å². The Morgan fingerprint density at radius 2 is 1.82 bits per heavy atom. The molecule has 0 aliphatic carbocycles. The minimum absolute atomic E-state index is 0.296.